The normalized spacial score (nSPS) is 14.9. The van der Waals surface area contributed by atoms with Crippen molar-refractivity contribution in [2.75, 3.05) is 11.9 Å². The van der Waals surface area contributed by atoms with E-state index in [1.165, 1.54) is 29.2 Å². The minimum atomic E-state index is 0.639. The van der Waals surface area contributed by atoms with Crippen LogP contribution in [0.3, 0.4) is 0 Å². The van der Waals surface area contributed by atoms with Crippen molar-refractivity contribution in [1.82, 2.24) is 10.3 Å². The third kappa shape index (κ3) is 2.31. The fourth-order valence-corrected chi connectivity index (χ4v) is 2.19. The molecular weight excluding hydrogens is 222 g/mol. The van der Waals surface area contributed by atoms with Crippen LogP contribution in [-0.2, 0) is 6.54 Å². The summed E-state index contributed by atoms with van der Waals surface area (Å²) in [6.45, 7) is 3.99. The highest BCUT2D eigenvalue weighted by Crippen LogP contribution is 2.29. The molecule has 0 spiro atoms. The van der Waals surface area contributed by atoms with E-state index >= 15 is 0 Å². The molecule has 1 aliphatic carbocycles. The highest BCUT2D eigenvalue weighted by molar-refractivity contribution is 5.94. The Hall–Kier alpha value is -1.61. The standard InChI is InChI=1S/C15H19N3/c1-2-16-9-11-10-17-15(18-12-7-8-12)14-6-4-3-5-13(11)14/h3-6,10,12,16H,2,7-9H2,1H3,(H,17,18). The van der Waals surface area contributed by atoms with Gasteiger partial charge in [-0.2, -0.15) is 0 Å². The van der Waals surface area contributed by atoms with Gasteiger partial charge in [0.15, 0.2) is 0 Å². The average molecular weight is 241 g/mol. The fraction of sp³-hybridized carbons (Fsp3) is 0.400. The molecular formula is C15H19N3. The van der Waals surface area contributed by atoms with E-state index in [4.69, 9.17) is 0 Å². The molecule has 0 unspecified atom stereocenters. The lowest BCUT2D eigenvalue weighted by Crippen LogP contribution is -2.13. The Morgan fingerprint density at radius 1 is 1.22 bits per heavy atom. The van der Waals surface area contributed by atoms with Gasteiger partial charge in [0, 0.05) is 24.2 Å². The molecule has 0 bridgehead atoms. The molecule has 3 heteroatoms. The van der Waals surface area contributed by atoms with Crippen molar-refractivity contribution in [2.24, 2.45) is 0 Å². The first-order valence-corrected chi connectivity index (χ1v) is 6.72. The molecule has 0 aliphatic heterocycles. The molecule has 3 nitrogen and oxygen atoms in total. The van der Waals surface area contributed by atoms with Gasteiger partial charge >= 0.3 is 0 Å². The Bertz CT molecular complexity index is 546. The van der Waals surface area contributed by atoms with E-state index in [1.54, 1.807) is 0 Å². The SMILES string of the molecule is CCNCc1cnc(NC2CC2)c2ccccc12. The zero-order valence-electron chi connectivity index (χ0n) is 10.7. The third-order valence-corrected chi connectivity index (χ3v) is 3.36. The van der Waals surface area contributed by atoms with Crippen molar-refractivity contribution >= 4 is 16.6 Å². The van der Waals surface area contributed by atoms with Crippen LogP contribution < -0.4 is 10.6 Å². The lowest BCUT2D eigenvalue weighted by atomic mass is 10.1. The maximum absolute atomic E-state index is 4.59. The quantitative estimate of drug-likeness (QED) is 0.845. The second kappa shape index (κ2) is 4.94. The highest BCUT2D eigenvalue weighted by Gasteiger charge is 2.22. The van der Waals surface area contributed by atoms with Gasteiger partial charge in [-0.3, -0.25) is 0 Å². The number of nitrogens with zero attached hydrogens (tertiary/aromatic N) is 1. The monoisotopic (exact) mass is 241 g/mol. The number of aromatic nitrogens is 1. The molecule has 0 amide bonds. The van der Waals surface area contributed by atoms with Crippen LogP contribution in [-0.4, -0.2) is 17.6 Å². The summed E-state index contributed by atoms with van der Waals surface area (Å²) >= 11 is 0. The van der Waals surface area contributed by atoms with Gasteiger partial charge in [-0.05, 0) is 30.3 Å². The second-order valence-electron chi connectivity index (χ2n) is 4.88. The van der Waals surface area contributed by atoms with Gasteiger partial charge in [-0.15, -0.1) is 0 Å². The number of nitrogens with one attached hydrogen (secondary N) is 2. The largest absolute Gasteiger partial charge is 0.367 e. The van der Waals surface area contributed by atoms with Crippen LogP contribution in [0.2, 0.25) is 0 Å². The Morgan fingerprint density at radius 3 is 2.72 bits per heavy atom. The van der Waals surface area contributed by atoms with Crippen molar-refractivity contribution in [1.29, 1.82) is 0 Å². The number of pyridine rings is 1. The molecule has 2 N–H and O–H groups in total. The Labute approximate surface area is 108 Å². The lowest BCUT2D eigenvalue weighted by Gasteiger charge is -2.11. The first-order chi connectivity index (χ1) is 8.88. The van der Waals surface area contributed by atoms with Crippen LogP contribution in [0.5, 0.6) is 0 Å². The molecule has 1 aliphatic rings. The van der Waals surface area contributed by atoms with Crippen molar-refractivity contribution in [2.45, 2.75) is 32.4 Å². The number of rotatable bonds is 5. The van der Waals surface area contributed by atoms with Crippen LogP contribution in [0.1, 0.15) is 25.3 Å². The molecule has 1 heterocycles. The summed E-state index contributed by atoms with van der Waals surface area (Å²) in [6, 6.07) is 9.16. The predicted molar refractivity (Wildman–Crippen MR) is 75.8 cm³/mol. The van der Waals surface area contributed by atoms with E-state index in [0.717, 1.165) is 18.9 Å². The summed E-state index contributed by atoms with van der Waals surface area (Å²) in [5, 5.41) is 9.42. The fourth-order valence-electron chi connectivity index (χ4n) is 2.19. The van der Waals surface area contributed by atoms with Gasteiger partial charge in [0.1, 0.15) is 5.82 Å². The minimum Gasteiger partial charge on any atom is -0.367 e. The Balaban J connectivity index is 1.99. The van der Waals surface area contributed by atoms with E-state index in [9.17, 15) is 0 Å². The van der Waals surface area contributed by atoms with Gasteiger partial charge in [-0.1, -0.05) is 31.2 Å². The Morgan fingerprint density at radius 2 is 2.00 bits per heavy atom. The van der Waals surface area contributed by atoms with Crippen LogP contribution >= 0.6 is 0 Å². The first kappa shape index (κ1) is 11.5. The summed E-state index contributed by atoms with van der Waals surface area (Å²) in [5.74, 6) is 1.04. The van der Waals surface area contributed by atoms with Gasteiger partial charge in [0.05, 0.1) is 0 Å². The van der Waals surface area contributed by atoms with Gasteiger partial charge in [0.25, 0.3) is 0 Å². The van der Waals surface area contributed by atoms with Crippen molar-refractivity contribution in [3.63, 3.8) is 0 Å². The molecule has 3 rings (SSSR count). The van der Waals surface area contributed by atoms with E-state index in [0.29, 0.717) is 6.04 Å². The predicted octanol–water partition coefficient (Wildman–Crippen LogP) is 2.92. The average Bonchev–Trinajstić information content (AvgIpc) is 3.22. The van der Waals surface area contributed by atoms with Crippen LogP contribution in [0.15, 0.2) is 30.5 Å². The van der Waals surface area contributed by atoms with Gasteiger partial charge in [-0.25, -0.2) is 4.98 Å². The molecule has 0 saturated heterocycles. The van der Waals surface area contributed by atoms with Crippen molar-refractivity contribution < 1.29 is 0 Å². The summed E-state index contributed by atoms with van der Waals surface area (Å²) in [5.41, 5.74) is 1.27. The molecule has 2 aromatic rings. The summed E-state index contributed by atoms with van der Waals surface area (Å²) in [7, 11) is 0. The summed E-state index contributed by atoms with van der Waals surface area (Å²) in [6.07, 6.45) is 4.54. The number of hydrogen-bond acceptors (Lipinski definition) is 3. The molecule has 1 saturated carbocycles. The Kier molecular flexibility index (Phi) is 3.15. The maximum atomic E-state index is 4.59. The summed E-state index contributed by atoms with van der Waals surface area (Å²) < 4.78 is 0. The zero-order chi connectivity index (χ0) is 12.4. The third-order valence-electron chi connectivity index (χ3n) is 3.36. The molecule has 1 fully saturated rings. The van der Waals surface area contributed by atoms with Gasteiger partial charge in [0.2, 0.25) is 0 Å². The van der Waals surface area contributed by atoms with Gasteiger partial charge < -0.3 is 10.6 Å². The minimum absolute atomic E-state index is 0.639. The van der Waals surface area contributed by atoms with Crippen LogP contribution in [0.25, 0.3) is 10.8 Å². The van der Waals surface area contributed by atoms with E-state index < -0.39 is 0 Å². The molecule has 0 atom stereocenters. The number of benzene rings is 1. The number of fused-ring (bicyclic) bond motifs is 1. The highest BCUT2D eigenvalue weighted by atomic mass is 15.0. The van der Waals surface area contributed by atoms with E-state index in [-0.39, 0.29) is 0 Å². The molecule has 0 radical (unpaired) electrons. The number of hydrogen-bond donors (Lipinski definition) is 2. The van der Waals surface area contributed by atoms with E-state index in [1.807, 2.05) is 6.20 Å². The second-order valence-corrected chi connectivity index (χ2v) is 4.88. The topological polar surface area (TPSA) is 37.0 Å². The first-order valence-electron chi connectivity index (χ1n) is 6.72. The number of anilines is 1. The molecule has 94 valence electrons. The van der Waals surface area contributed by atoms with E-state index in [2.05, 4.69) is 46.8 Å². The summed E-state index contributed by atoms with van der Waals surface area (Å²) in [4.78, 5) is 4.59. The van der Waals surface area contributed by atoms with Crippen LogP contribution in [0.4, 0.5) is 5.82 Å². The molecule has 1 aromatic heterocycles. The zero-order valence-corrected chi connectivity index (χ0v) is 10.7. The lowest BCUT2D eigenvalue weighted by molar-refractivity contribution is 0.728. The van der Waals surface area contributed by atoms with Crippen molar-refractivity contribution in [3.8, 4) is 0 Å². The molecule has 18 heavy (non-hydrogen) atoms. The maximum Gasteiger partial charge on any atom is 0.134 e. The smallest absolute Gasteiger partial charge is 0.134 e. The van der Waals surface area contributed by atoms with Crippen molar-refractivity contribution in [3.05, 3.63) is 36.0 Å². The molecule has 1 aromatic carbocycles. The van der Waals surface area contributed by atoms with Crippen LogP contribution in [0, 0.1) is 0 Å².